The van der Waals surface area contributed by atoms with E-state index in [9.17, 15) is 18.0 Å². The van der Waals surface area contributed by atoms with E-state index in [4.69, 9.17) is 11.0 Å². The van der Waals surface area contributed by atoms with Crippen LogP contribution in [0.3, 0.4) is 0 Å². The standard InChI is InChI=1S/C14H9F3IN3O2/c1-23-13(22)12-11(20)7(5-19)6-21(12)8-2-3-9(10(18)4-8)14(15,16)17/h2-4,6H,20H2,1H3. The number of benzene rings is 1. The number of nitrogen functional groups attached to an aromatic ring is 1. The summed E-state index contributed by atoms with van der Waals surface area (Å²) in [4.78, 5) is 11.9. The van der Waals surface area contributed by atoms with Gasteiger partial charge in [-0.2, -0.15) is 18.4 Å². The number of nitrogens with zero attached hydrogens (tertiary/aromatic N) is 2. The highest BCUT2D eigenvalue weighted by Gasteiger charge is 2.33. The monoisotopic (exact) mass is 435 g/mol. The number of rotatable bonds is 2. The van der Waals surface area contributed by atoms with Crippen LogP contribution in [0, 0.1) is 14.9 Å². The molecule has 2 aromatic rings. The van der Waals surface area contributed by atoms with E-state index < -0.39 is 17.7 Å². The molecule has 0 unspecified atom stereocenters. The number of halogens is 4. The van der Waals surface area contributed by atoms with Crippen molar-refractivity contribution >= 4 is 34.2 Å². The van der Waals surface area contributed by atoms with E-state index in [-0.39, 0.29) is 26.2 Å². The first-order valence-electron chi connectivity index (χ1n) is 6.07. The molecule has 0 fully saturated rings. The molecule has 0 atom stereocenters. The summed E-state index contributed by atoms with van der Waals surface area (Å²) in [6.07, 6.45) is -3.20. The maximum absolute atomic E-state index is 12.8. The molecule has 0 radical (unpaired) electrons. The van der Waals surface area contributed by atoms with Gasteiger partial charge < -0.3 is 15.0 Å². The van der Waals surface area contributed by atoms with Gasteiger partial charge in [-0.25, -0.2) is 4.79 Å². The minimum Gasteiger partial charge on any atom is -0.464 e. The van der Waals surface area contributed by atoms with Crippen molar-refractivity contribution in [2.45, 2.75) is 6.18 Å². The van der Waals surface area contributed by atoms with E-state index >= 15 is 0 Å². The van der Waals surface area contributed by atoms with E-state index in [2.05, 4.69) is 4.74 Å². The van der Waals surface area contributed by atoms with Crippen molar-refractivity contribution in [1.29, 1.82) is 5.26 Å². The Balaban J connectivity index is 2.66. The third-order valence-electron chi connectivity index (χ3n) is 3.08. The fraction of sp³-hybridized carbons (Fsp3) is 0.143. The molecule has 1 aromatic heterocycles. The Morgan fingerprint density at radius 3 is 2.57 bits per heavy atom. The SMILES string of the molecule is COC(=O)c1c(N)c(C#N)cn1-c1ccc(C(F)(F)F)c(I)c1. The molecule has 2 N–H and O–H groups in total. The number of aromatic nitrogens is 1. The first kappa shape index (κ1) is 17.1. The van der Waals surface area contributed by atoms with Gasteiger partial charge in [0.15, 0.2) is 5.69 Å². The number of carbonyl (C=O) groups is 1. The molecule has 0 amide bonds. The van der Waals surface area contributed by atoms with Gasteiger partial charge >= 0.3 is 12.1 Å². The second-order valence-electron chi connectivity index (χ2n) is 4.44. The number of ether oxygens (including phenoxy) is 1. The largest absolute Gasteiger partial charge is 0.464 e. The number of hydrogen-bond acceptors (Lipinski definition) is 4. The highest BCUT2D eigenvalue weighted by atomic mass is 127. The molecule has 2 rings (SSSR count). The van der Waals surface area contributed by atoms with Crippen LogP contribution in [0.5, 0.6) is 0 Å². The Kier molecular flexibility index (Phi) is 4.56. The summed E-state index contributed by atoms with van der Waals surface area (Å²) >= 11 is 1.56. The summed E-state index contributed by atoms with van der Waals surface area (Å²) in [5.41, 5.74) is 5.04. The van der Waals surface area contributed by atoms with E-state index in [0.29, 0.717) is 0 Å². The lowest BCUT2D eigenvalue weighted by atomic mass is 10.2. The Morgan fingerprint density at radius 1 is 1.43 bits per heavy atom. The molecule has 0 saturated carbocycles. The maximum atomic E-state index is 12.8. The number of alkyl halides is 3. The highest BCUT2D eigenvalue weighted by Crippen LogP contribution is 2.34. The van der Waals surface area contributed by atoms with Gasteiger partial charge in [-0.15, -0.1) is 0 Å². The van der Waals surface area contributed by atoms with Crippen molar-refractivity contribution in [3.05, 3.63) is 44.8 Å². The summed E-state index contributed by atoms with van der Waals surface area (Å²) in [6, 6.07) is 5.16. The number of carbonyl (C=O) groups excluding carboxylic acids is 1. The Morgan fingerprint density at radius 2 is 2.09 bits per heavy atom. The van der Waals surface area contributed by atoms with E-state index in [0.717, 1.165) is 13.2 Å². The minimum atomic E-state index is -4.48. The van der Waals surface area contributed by atoms with Crippen LogP contribution in [0.15, 0.2) is 24.4 Å². The van der Waals surface area contributed by atoms with Crippen molar-refractivity contribution in [2.75, 3.05) is 12.8 Å². The molecule has 0 aliphatic heterocycles. The molecule has 9 heteroatoms. The van der Waals surface area contributed by atoms with Crippen LogP contribution in [0.4, 0.5) is 18.9 Å². The lowest BCUT2D eigenvalue weighted by Crippen LogP contribution is -2.12. The number of nitrogens with two attached hydrogens (primary N) is 1. The minimum absolute atomic E-state index is 0.0281. The lowest BCUT2D eigenvalue weighted by Gasteiger charge is -2.13. The van der Waals surface area contributed by atoms with Crippen LogP contribution in [-0.2, 0) is 10.9 Å². The number of anilines is 1. The Labute approximate surface area is 142 Å². The first-order chi connectivity index (χ1) is 10.7. The highest BCUT2D eigenvalue weighted by molar-refractivity contribution is 14.1. The molecule has 5 nitrogen and oxygen atoms in total. The molecule has 0 bridgehead atoms. The van der Waals surface area contributed by atoms with Crippen molar-refractivity contribution < 1.29 is 22.7 Å². The van der Waals surface area contributed by atoms with Gasteiger partial charge in [-0.05, 0) is 40.8 Å². The van der Waals surface area contributed by atoms with Crippen LogP contribution in [-0.4, -0.2) is 17.6 Å². The van der Waals surface area contributed by atoms with Gasteiger partial charge in [0.1, 0.15) is 6.07 Å². The average Bonchev–Trinajstić information content (AvgIpc) is 2.81. The summed E-state index contributed by atoms with van der Waals surface area (Å²) in [7, 11) is 1.14. The summed E-state index contributed by atoms with van der Waals surface area (Å²) in [5, 5.41) is 9.02. The molecule has 1 aromatic carbocycles. The predicted molar refractivity (Wildman–Crippen MR) is 84.0 cm³/mol. The molecular formula is C14H9F3IN3O2. The average molecular weight is 435 g/mol. The van der Waals surface area contributed by atoms with Gasteiger partial charge in [0.25, 0.3) is 0 Å². The van der Waals surface area contributed by atoms with E-state index in [1.165, 1.54) is 22.9 Å². The van der Waals surface area contributed by atoms with Gasteiger partial charge in [0.05, 0.1) is 23.9 Å². The third-order valence-corrected chi connectivity index (χ3v) is 3.97. The summed E-state index contributed by atoms with van der Waals surface area (Å²) < 4.78 is 44.3. The number of methoxy groups -OCH3 is 1. The van der Waals surface area contributed by atoms with Crippen LogP contribution in [0.25, 0.3) is 5.69 Å². The normalized spacial score (nSPS) is 11.1. The molecule has 23 heavy (non-hydrogen) atoms. The molecule has 120 valence electrons. The van der Waals surface area contributed by atoms with Crippen molar-refractivity contribution in [3.8, 4) is 11.8 Å². The Hall–Kier alpha value is -2.22. The summed E-state index contributed by atoms with van der Waals surface area (Å²) in [5.74, 6) is -0.793. The smallest absolute Gasteiger partial charge is 0.417 e. The molecule has 1 heterocycles. The zero-order valence-electron chi connectivity index (χ0n) is 11.6. The Bertz CT molecular complexity index is 822. The quantitative estimate of drug-likeness (QED) is 0.580. The van der Waals surface area contributed by atoms with Crippen molar-refractivity contribution in [1.82, 2.24) is 4.57 Å². The molecule has 0 aliphatic rings. The first-order valence-corrected chi connectivity index (χ1v) is 7.15. The van der Waals surface area contributed by atoms with Gasteiger partial charge in [0, 0.05) is 15.5 Å². The van der Waals surface area contributed by atoms with Gasteiger partial charge in [-0.1, -0.05) is 0 Å². The van der Waals surface area contributed by atoms with Crippen LogP contribution >= 0.6 is 22.6 Å². The van der Waals surface area contributed by atoms with Crippen LogP contribution in [0.2, 0.25) is 0 Å². The maximum Gasteiger partial charge on any atom is 0.417 e. The second kappa shape index (κ2) is 6.11. The third kappa shape index (κ3) is 3.12. The molecule has 0 spiro atoms. The van der Waals surface area contributed by atoms with Crippen LogP contribution < -0.4 is 5.73 Å². The van der Waals surface area contributed by atoms with Crippen molar-refractivity contribution in [2.24, 2.45) is 0 Å². The predicted octanol–water partition coefficient (Wildman–Crippen LogP) is 3.34. The van der Waals surface area contributed by atoms with E-state index in [1.54, 1.807) is 22.6 Å². The fourth-order valence-corrected chi connectivity index (χ4v) is 2.81. The van der Waals surface area contributed by atoms with Crippen LogP contribution in [0.1, 0.15) is 21.6 Å². The van der Waals surface area contributed by atoms with Gasteiger partial charge in [-0.3, -0.25) is 0 Å². The lowest BCUT2D eigenvalue weighted by molar-refractivity contribution is -0.138. The number of hydrogen-bond donors (Lipinski definition) is 1. The molecule has 0 aliphatic carbocycles. The zero-order valence-corrected chi connectivity index (χ0v) is 13.8. The summed E-state index contributed by atoms with van der Waals surface area (Å²) in [6.45, 7) is 0. The number of nitriles is 1. The van der Waals surface area contributed by atoms with E-state index in [1.807, 2.05) is 6.07 Å². The van der Waals surface area contributed by atoms with Gasteiger partial charge in [0.2, 0.25) is 0 Å². The number of esters is 1. The fourth-order valence-electron chi connectivity index (χ4n) is 2.00. The topological polar surface area (TPSA) is 81.0 Å². The van der Waals surface area contributed by atoms with Crippen molar-refractivity contribution in [3.63, 3.8) is 0 Å². The zero-order chi connectivity index (χ0) is 17.4. The second-order valence-corrected chi connectivity index (χ2v) is 5.60. The molecule has 0 saturated heterocycles. The molecular weight excluding hydrogens is 426 g/mol.